The van der Waals surface area contributed by atoms with Crippen LogP contribution in [0, 0.1) is 5.92 Å². The standard InChI is InChI=1S/C16H24N2.ClH/c1-14(2)16(15-9-5-3-6-10-15)17-13-18-11-7-4-8-12-18;/h3,5-6,9-10,13-14,16H,4,7-8,11-12H2,1-2H3;1H. The van der Waals surface area contributed by atoms with Gasteiger partial charge in [-0.15, -0.1) is 0 Å². The van der Waals surface area contributed by atoms with Crippen LogP contribution in [0.25, 0.3) is 0 Å². The SMILES string of the molecule is CC(C)C(NC=[N+]1CCCCC1)c1ccccc1.[Cl-]. The van der Waals surface area contributed by atoms with E-state index in [1.54, 1.807) is 0 Å². The molecular formula is C16H25ClN2. The first-order chi connectivity index (χ1) is 8.77. The zero-order chi connectivity index (χ0) is 12.8. The summed E-state index contributed by atoms with van der Waals surface area (Å²) in [6.07, 6.45) is 6.25. The third-order valence-corrected chi connectivity index (χ3v) is 3.65. The van der Waals surface area contributed by atoms with Crippen molar-refractivity contribution < 1.29 is 17.0 Å². The molecule has 19 heavy (non-hydrogen) atoms. The summed E-state index contributed by atoms with van der Waals surface area (Å²) < 4.78 is 2.42. The lowest BCUT2D eigenvalue weighted by atomic mass is 9.96. The number of hydrogen-bond acceptors (Lipinski definition) is 0. The zero-order valence-electron chi connectivity index (χ0n) is 12.0. The van der Waals surface area contributed by atoms with Gasteiger partial charge in [-0.1, -0.05) is 44.2 Å². The molecule has 1 saturated heterocycles. The van der Waals surface area contributed by atoms with Gasteiger partial charge >= 0.3 is 0 Å². The Balaban J connectivity index is 0.00000180. The molecule has 1 atom stereocenters. The van der Waals surface area contributed by atoms with Gasteiger partial charge in [0.25, 0.3) is 0 Å². The Labute approximate surface area is 123 Å². The van der Waals surface area contributed by atoms with Crippen molar-refractivity contribution in [1.29, 1.82) is 0 Å². The van der Waals surface area contributed by atoms with E-state index in [4.69, 9.17) is 0 Å². The van der Waals surface area contributed by atoms with Gasteiger partial charge in [0.1, 0.15) is 6.04 Å². The van der Waals surface area contributed by atoms with Crippen molar-refractivity contribution in [3.63, 3.8) is 0 Å². The number of halogens is 1. The predicted molar refractivity (Wildman–Crippen MR) is 77.1 cm³/mol. The van der Waals surface area contributed by atoms with Crippen LogP contribution in [-0.2, 0) is 0 Å². The molecule has 1 aliphatic heterocycles. The molecule has 2 nitrogen and oxygen atoms in total. The van der Waals surface area contributed by atoms with Crippen LogP contribution in [-0.4, -0.2) is 24.0 Å². The second kappa shape index (κ2) is 8.21. The van der Waals surface area contributed by atoms with Crippen LogP contribution in [0.1, 0.15) is 44.7 Å². The molecule has 1 fully saturated rings. The van der Waals surface area contributed by atoms with Crippen LogP contribution < -0.4 is 17.7 Å². The highest BCUT2D eigenvalue weighted by molar-refractivity contribution is 5.49. The minimum Gasteiger partial charge on any atom is -1.00 e. The fourth-order valence-electron chi connectivity index (χ4n) is 2.57. The van der Waals surface area contributed by atoms with E-state index >= 15 is 0 Å². The molecule has 1 aromatic carbocycles. The first-order valence-corrected chi connectivity index (χ1v) is 7.16. The summed E-state index contributed by atoms with van der Waals surface area (Å²) in [6.45, 7) is 6.95. The predicted octanol–water partition coefficient (Wildman–Crippen LogP) is 0.202. The molecule has 2 rings (SSSR count). The summed E-state index contributed by atoms with van der Waals surface area (Å²) in [6, 6.07) is 11.1. The van der Waals surface area contributed by atoms with E-state index in [0.29, 0.717) is 12.0 Å². The summed E-state index contributed by atoms with van der Waals surface area (Å²) in [5.41, 5.74) is 1.38. The van der Waals surface area contributed by atoms with Crippen molar-refractivity contribution in [2.75, 3.05) is 13.1 Å². The van der Waals surface area contributed by atoms with Crippen LogP contribution in [0.5, 0.6) is 0 Å². The minimum absolute atomic E-state index is 0. The van der Waals surface area contributed by atoms with Gasteiger partial charge < -0.3 is 12.4 Å². The lowest BCUT2D eigenvalue weighted by Crippen LogP contribution is -3.00. The normalized spacial score (nSPS) is 16.7. The van der Waals surface area contributed by atoms with Crippen molar-refractivity contribution >= 4 is 6.34 Å². The summed E-state index contributed by atoms with van der Waals surface area (Å²) in [4.78, 5) is 0. The van der Waals surface area contributed by atoms with E-state index < -0.39 is 0 Å². The second-order valence-corrected chi connectivity index (χ2v) is 5.52. The molecule has 106 valence electrons. The average molecular weight is 281 g/mol. The molecule has 3 heteroatoms. The Bertz CT molecular complexity index is 379. The first-order valence-electron chi connectivity index (χ1n) is 7.16. The van der Waals surface area contributed by atoms with Crippen molar-refractivity contribution in [2.45, 2.75) is 39.2 Å². The zero-order valence-corrected chi connectivity index (χ0v) is 12.7. The number of rotatable bonds is 4. The Morgan fingerprint density at radius 2 is 1.68 bits per heavy atom. The molecule has 1 heterocycles. The molecule has 0 radical (unpaired) electrons. The second-order valence-electron chi connectivity index (χ2n) is 5.52. The van der Waals surface area contributed by atoms with Crippen molar-refractivity contribution in [1.82, 2.24) is 5.32 Å². The third kappa shape index (κ3) is 4.87. The summed E-state index contributed by atoms with van der Waals surface area (Å²) in [5.74, 6) is 0.591. The number of nitrogens with zero attached hydrogens (tertiary/aromatic N) is 1. The summed E-state index contributed by atoms with van der Waals surface area (Å²) >= 11 is 0. The maximum absolute atomic E-state index is 3.61. The molecule has 0 aliphatic carbocycles. The van der Waals surface area contributed by atoms with E-state index in [-0.39, 0.29) is 12.4 Å². The van der Waals surface area contributed by atoms with Gasteiger partial charge in [-0.2, -0.15) is 0 Å². The quantitative estimate of drug-likeness (QED) is 0.615. The smallest absolute Gasteiger partial charge is 0.232 e. The minimum atomic E-state index is 0. The molecule has 0 amide bonds. The summed E-state index contributed by atoms with van der Waals surface area (Å²) in [7, 11) is 0. The third-order valence-electron chi connectivity index (χ3n) is 3.65. The highest BCUT2D eigenvalue weighted by atomic mass is 35.5. The maximum Gasteiger partial charge on any atom is 0.232 e. The fourth-order valence-corrected chi connectivity index (χ4v) is 2.57. The molecule has 0 saturated carbocycles. The van der Waals surface area contributed by atoms with Gasteiger partial charge in [-0.25, -0.2) is 0 Å². The Hall–Kier alpha value is -1.02. The van der Waals surface area contributed by atoms with Crippen molar-refractivity contribution in [2.24, 2.45) is 5.92 Å². The van der Waals surface area contributed by atoms with E-state index in [0.717, 1.165) is 0 Å². The first kappa shape index (κ1) is 16.0. The largest absolute Gasteiger partial charge is 1.00 e. The Morgan fingerprint density at radius 3 is 2.26 bits per heavy atom. The molecule has 0 aromatic heterocycles. The Kier molecular flexibility index (Phi) is 6.93. The molecular weight excluding hydrogens is 256 g/mol. The van der Waals surface area contributed by atoms with Crippen LogP contribution in [0.4, 0.5) is 0 Å². The van der Waals surface area contributed by atoms with Crippen LogP contribution in [0.3, 0.4) is 0 Å². The number of nitrogens with one attached hydrogen (secondary N) is 1. The molecule has 1 N–H and O–H groups in total. The Morgan fingerprint density at radius 1 is 1.05 bits per heavy atom. The van der Waals surface area contributed by atoms with Gasteiger partial charge in [0.05, 0.1) is 13.1 Å². The maximum atomic E-state index is 3.61. The number of benzene rings is 1. The van der Waals surface area contributed by atoms with Gasteiger partial charge in [0.2, 0.25) is 6.34 Å². The van der Waals surface area contributed by atoms with E-state index in [1.807, 2.05) is 0 Å². The van der Waals surface area contributed by atoms with Crippen LogP contribution >= 0.6 is 0 Å². The van der Waals surface area contributed by atoms with Crippen molar-refractivity contribution in [3.05, 3.63) is 35.9 Å². The number of piperidine rings is 1. The molecule has 0 bridgehead atoms. The van der Waals surface area contributed by atoms with Crippen molar-refractivity contribution in [3.8, 4) is 0 Å². The lowest BCUT2D eigenvalue weighted by molar-refractivity contribution is -0.534. The van der Waals surface area contributed by atoms with Gasteiger partial charge in [-0.05, 0) is 30.7 Å². The highest BCUT2D eigenvalue weighted by Gasteiger charge is 2.18. The van der Waals surface area contributed by atoms with Gasteiger partial charge in [0.15, 0.2) is 0 Å². The van der Waals surface area contributed by atoms with Crippen LogP contribution in [0.2, 0.25) is 0 Å². The molecule has 1 aliphatic rings. The van der Waals surface area contributed by atoms with E-state index in [2.05, 4.69) is 60.4 Å². The number of hydrogen-bond donors (Lipinski definition) is 1. The molecule has 0 spiro atoms. The fraction of sp³-hybridized carbons (Fsp3) is 0.562. The molecule has 1 unspecified atom stereocenters. The highest BCUT2D eigenvalue weighted by Crippen LogP contribution is 2.20. The average Bonchev–Trinajstić information content (AvgIpc) is 2.41. The topological polar surface area (TPSA) is 15.0 Å². The van der Waals surface area contributed by atoms with E-state index in [1.165, 1.54) is 37.9 Å². The monoisotopic (exact) mass is 280 g/mol. The lowest BCUT2D eigenvalue weighted by Gasteiger charge is -2.19. The van der Waals surface area contributed by atoms with Gasteiger partial charge in [0, 0.05) is 0 Å². The van der Waals surface area contributed by atoms with Gasteiger partial charge in [-0.3, -0.25) is 9.89 Å². The van der Waals surface area contributed by atoms with E-state index in [9.17, 15) is 0 Å². The summed E-state index contributed by atoms with van der Waals surface area (Å²) in [5, 5.41) is 3.61. The van der Waals surface area contributed by atoms with Crippen LogP contribution in [0.15, 0.2) is 30.3 Å². The molecule has 1 aromatic rings.